The van der Waals surface area contributed by atoms with Crippen molar-refractivity contribution in [2.75, 3.05) is 4.43 Å². The van der Waals surface area contributed by atoms with Gasteiger partial charge in [0, 0.05) is 6.42 Å². The Labute approximate surface area is 114 Å². The van der Waals surface area contributed by atoms with E-state index in [0.29, 0.717) is 6.42 Å². The molecule has 1 nitrogen and oxygen atoms in total. The summed E-state index contributed by atoms with van der Waals surface area (Å²) >= 11 is 2.43. The van der Waals surface area contributed by atoms with Crippen molar-refractivity contribution < 1.29 is 4.79 Å². The van der Waals surface area contributed by atoms with Crippen molar-refractivity contribution >= 4 is 28.4 Å². The molecule has 0 rings (SSSR count). The molecule has 0 aliphatic heterocycles. The first-order valence-electron chi connectivity index (χ1n) is 6.17. The zero-order valence-electron chi connectivity index (χ0n) is 10.1. The second-order valence-corrected chi connectivity index (χ2v) is 5.00. The largest absolute Gasteiger partial charge is 0.295 e. The molecule has 0 aromatic heterocycles. The molecule has 0 aliphatic carbocycles. The lowest BCUT2D eigenvalue weighted by molar-refractivity contribution is -0.114. The molecule has 0 amide bonds. The number of alkyl halides is 1. The molecule has 2 heteroatoms. The number of ketones is 1. The first-order valence-corrected chi connectivity index (χ1v) is 7.70. The third kappa shape index (κ3) is 12.0. The maximum absolute atomic E-state index is 10.9. The minimum absolute atomic E-state index is 0.142. The molecule has 0 N–H and O–H groups in total. The predicted octanol–water partition coefficient (Wildman–Crippen LogP) is 4.85. The number of rotatable bonds is 11. The fraction of sp³-hybridized carbons (Fsp3) is 0.643. The van der Waals surface area contributed by atoms with E-state index in [4.69, 9.17) is 0 Å². The molecule has 0 saturated heterocycles. The number of carbonyl (C=O) groups is 1. The van der Waals surface area contributed by atoms with Crippen LogP contribution in [0.4, 0.5) is 0 Å². The zero-order chi connectivity index (χ0) is 12.1. The molecule has 0 aromatic carbocycles. The van der Waals surface area contributed by atoms with Gasteiger partial charge in [-0.3, -0.25) is 4.79 Å². The van der Waals surface area contributed by atoms with Gasteiger partial charge < -0.3 is 0 Å². The van der Waals surface area contributed by atoms with Gasteiger partial charge in [-0.05, 0) is 36.2 Å². The lowest BCUT2D eigenvalue weighted by Gasteiger charge is -1.97. The number of carbonyl (C=O) groups excluding carboxylic acids is 1. The summed E-state index contributed by atoms with van der Waals surface area (Å²) in [6.07, 6.45) is 15.1. The average Bonchev–Trinajstić information content (AvgIpc) is 2.31. The van der Waals surface area contributed by atoms with E-state index < -0.39 is 0 Å². The Bertz CT molecular complexity index is 209. The zero-order valence-corrected chi connectivity index (χ0v) is 12.2. The second-order valence-electron chi connectivity index (χ2n) is 3.93. The molecule has 0 saturated carbocycles. The molecule has 0 atom stereocenters. The minimum Gasteiger partial charge on any atom is -0.295 e. The van der Waals surface area contributed by atoms with Gasteiger partial charge >= 0.3 is 0 Å². The highest BCUT2D eigenvalue weighted by Crippen LogP contribution is 2.07. The maximum atomic E-state index is 10.9. The molecule has 0 aliphatic rings. The summed E-state index contributed by atoms with van der Waals surface area (Å²) < 4.78 is 1.29. The van der Waals surface area contributed by atoms with Crippen molar-refractivity contribution in [2.45, 2.75) is 51.4 Å². The Kier molecular flexibility index (Phi) is 12.9. The van der Waals surface area contributed by atoms with E-state index in [1.165, 1.54) is 42.6 Å². The van der Waals surface area contributed by atoms with Gasteiger partial charge in [0.15, 0.2) is 5.78 Å². The summed E-state index contributed by atoms with van der Waals surface area (Å²) in [5.41, 5.74) is 0. The summed E-state index contributed by atoms with van der Waals surface area (Å²) in [5.74, 6) is 0.142. The Morgan fingerprint density at radius 1 is 1.00 bits per heavy atom. The number of hydrogen-bond acceptors (Lipinski definition) is 1. The van der Waals surface area contributed by atoms with Crippen LogP contribution in [0.2, 0.25) is 0 Å². The summed E-state index contributed by atoms with van der Waals surface area (Å²) in [4.78, 5) is 10.9. The van der Waals surface area contributed by atoms with Gasteiger partial charge in [-0.25, -0.2) is 0 Å². The van der Waals surface area contributed by atoms with Crippen LogP contribution >= 0.6 is 22.6 Å². The van der Waals surface area contributed by atoms with E-state index in [0.717, 1.165) is 12.8 Å². The van der Waals surface area contributed by atoms with E-state index in [1.54, 1.807) is 0 Å². The van der Waals surface area contributed by atoms with E-state index in [2.05, 4.69) is 41.3 Å². The van der Waals surface area contributed by atoms with E-state index in [9.17, 15) is 4.79 Å². The molecule has 0 aromatic rings. The monoisotopic (exact) mass is 334 g/mol. The summed E-state index contributed by atoms with van der Waals surface area (Å²) in [6, 6.07) is 0. The van der Waals surface area contributed by atoms with Gasteiger partial charge in [0.1, 0.15) is 0 Å². The van der Waals surface area contributed by atoms with Crippen LogP contribution in [0.1, 0.15) is 51.4 Å². The quantitative estimate of drug-likeness (QED) is 0.173. The van der Waals surface area contributed by atoms with Crippen LogP contribution in [0.25, 0.3) is 0 Å². The smallest absolute Gasteiger partial charge is 0.155 e. The Morgan fingerprint density at radius 2 is 1.62 bits per heavy atom. The molecule has 0 bridgehead atoms. The van der Waals surface area contributed by atoms with E-state index in [1.807, 2.05) is 0 Å². The minimum atomic E-state index is 0.142. The normalized spacial score (nSPS) is 10.8. The fourth-order valence-corrected chi connectivity index (χ4v) is 1.99. The summed E-state index contributed by atoms with van der Waals surface area (Å²) in [7, 11) is 0. The lowest BCUT2D eigenvalue weighted by atomic mass is 10.1. The topological polar surface area (TPSA) is 17.1 Å². The van der Waals surface area contributed by atoms with Crippen LogP contribution in [0.3, 0.4) is 0 Å². The number of unbranched alkanes of at least 4 members (excludes halogenated alkanes) is 5. The molecule has 16 heavy (non-hydrogen) atoms. The predicted molar refractivity (Wildman–Crippen MR) is 80.2 cm³/mol. The van der Waals surface area contributed by atoms with Gasteiger partial charge in [-0.2, -0.15) is 0 Å². The van der Waals surface area contributed by atoms with Crippen molar-refractivity contribution in [3.8, 4) is 0 Å². The second kappa shape index (κ2) is 12.9. The van der Waals surface area contributed by atoms with Gasteiger partial charge in [0.2, 0.25) is 0 Å². The highest BCUT2D eigenvalue weighted by molar-refractivity contribution is 14.1. The van der Waals surface area contributed by atoms with Gasteiger partial charge in [-0.15, -0.1) is 0 Å². The Hall–Kier alpha value is -0.120. The van der Waals surface area contributed by atoms with Crippen LogP contribution in [0.15, 0.2) is 24.8 Å². The molecule has 92 valence electrons. The number of hydrogen-bond donors (Lipinski definition) is 0. The SMILES string of the molecule is C=CC(=O)CC/C=C/CCCCCCCI. The van der Waals surface area contributed by atoms with Gasteiger partial charge in [0.05, 0.1) is 0 Å². The molecule has 0 radical (unpaired) electrons. The maximum Gasteiger partial charge on any atom is 0.155 e. The van der Waals surface area contributed by atoms with Crippen LogP contribution in [-0.2, 0) is 4.79 Å². The molecular formula is C14H23IO. The Balaban J connectivity index is 3.15. The molecule has 0 fully saturated rings. The fourth-order valence-electron chi connectivity index (χ4n) is 1.45. The van der Waals surface area contributed by atoms with Crippen LogP contribution in [0, 0.1) is 0 Å². The summed E-state index contributed by atoms with van der Waals surface area (Å²) in [5, 5.41) is 0. The van der Waals surface area contributed by atoms with Crippen molar-refractivity contribution in [1.29, 1.82) is 0 Å². The van der Waals surface area contributed by atoms with E-state index >= 15 is 0 Å². The van der Waals surface area contributed by atoms with Crippen LogP contribution < -0.4 is 0 Å². The molecular weight excluding hydrogens is 311 g/mol. The van der Waals surface area contributed by atoms with Crippen LogP contribution in [-0.4, -0.2) is 10.2 Å². The lowest BCUT2D eigenvalue weighted by Crippen LogP contribution is -1.88. The standard InChI is InChI=1S/C14H23IO/c1-2-14(16)12-10-8-6-4-3-5-7-9-11-13-15/h2,6,8H,1,3-5,7,9-13H2/b8-6+. The van der Waals surface area contributed by atoms with Crippen molar-refractivity contribution in [2.24, 2.45) is 0 Å². The highest BCUT2D eigenvalue weighted by Gasteiger charge is 1.91. The van der Waals surface area contributed by atoms with Crippen molar-refractivity contribution in [3.05, 3.63) is 24.8 Å². The first kappa shape index (κ1) is 15.9. The first-order chi connectivity index (χ1) is 7.81. The highest BCUT2D eigenvalue weighted by atomic mass is 127. The van der Waals surface area contributed by atoms with Crippen molar-refractivity contribution in [3.63, 3.8) is 0 Å². The Morgan fingerprint density at radius 3 is 2.31 bits per heavy atom. The molecule has 0 heterocycles. The third-order valence-corrected chi connectivity index (χ3v) is 3.22. The summed E-state index contributed by atoms with van der Waals surface area (Å²) in [6.45, 7) is 3.45. The van der Waals surface area contributed by atoms with Gasteiger partial charge in [-0.1, -0.05) is 60.6 Å². The third-order valence-electron chi connectivity index (χ3n) is 2.46. The number of allylic oxidation sites excluding steroid dienone is 3. The number of halogens is 1. The average molecular weight is 334 g/mol. The van der Waals surface area contributed by atoms with Crippen molar-refractivity contribution in [1.82, 2.24) is 0 Å². The molecule has 0 unspecified atom stereocenters. The van der Waals surface area contributed by atoms with Gasteiger partial charge in [0.25, 0.3) is 0 Å². The van der Waals surface area contributed by atoms with Crippen LogP contribution in [0.5, 0.6) is 0 Å². The van der Waals surface area contributed by atoms with E-state index in [-0.39, 0.29) is 5.78 Å². The molecule has 0 spiro atoms.